The first-order valence-electron chi connectivity index (χ1n) is 8.96. The van der Waals surface area contributed by atoms with Gasteiger partial charge < -0.3 is 4.74 Å². The van der Waals surface area contributed by atoms with Crippen LogP contribution in [-0.4, -0.2) is 54.4 Å². The highest BCUT2D eigenvalue weighted by Gasteiger charge is 2.81. The molecule has 0 fully saturated rings. The largest absolute Gasteiger partial charge is 0.460 e. The lowest BCUT2D eigenvalue weighted by atomic mass is 9.98. The Morgan fingerprint density at radius 1 is 0.871 bits per heavy atom. The van der Waals surface area contributed by atoms with Crippen molar-refractivity contribution in [3.63, 3.8) is 0 Å². The van der Waals surface area contributed by atoms with E-state index in [-0.39, 0.29) is 25.9 Å². The number of hydrogen-bond donors (Lipinski definition) is 1. The minimum absolute atomic E-state index is 0.0282. The third-order valence-corrected chi connectivity index (χ3v) is 5.59. The monoisotopic (exact) mass is 492 g/mol. The minimum Gasteiger partial charge on any atom is -0.367 e. The summed E-state index contributed by atoms with van der Waals surface area (Å²) >= 11 is 0. The van der Waals surface area contributed by atoms with Crippen molar-refractivity contribution in [2.75, 3.05) is 6.61 Å². The Balaban J connectivity index is 2.42. The van der Waals surface area contributed by atoms with Crippen LogP contribution in [0.2, 0.25) is 0 Å². The van der Waals surface area contributed by atoms with Crippen molar-refractivity contribution in [2.24, 2.45) is 0 Å². The van der Waals surface area contributed by atoms with E-state index >= 15 is 0 Å². The van der Waals surface area contributed by atoms with Gasteiger partial charge in [-0.2, -0.15) is 47.9 Å². The van der Waals surface area contributed by atoms with Crippen LogP contribution in [0.25, 0.3) is 0 Å². The zero-order chi connectivity index (χ0) is 24.4. The summed E-state index contributed by atoms with van der Waals surface area (Å²) in [6.45, 7) is 1.59. The third-order valence-electron chi connectivity index (χ3n) is 4.59. The molecule has 0 bridgehead atoms. The molecule has 1 aliphatic rings. The smallest absolute Gasteiger partial charge is 0.367 e. The van der Waals surface area contributed by atoms with E-state index in [9.17, 15) is 47.9 Å². The Morgan fingerprint density at radius 2 is 1.35 bits per heavy atom. The first kappa shape index (κ1) is 27.8. The van der Waals surface area contributed by atoms with Gasteiger partial charge in [-0.1, -0.05) is 37.1 Å². The lowest BCUT2D eigenvalue weighted by Crippen LogP contribution is -2.60. The predicted octanol–water partition coefficient (Wildman–Crippen LogP) is 5.56. The third kappa shape index (κ3) is 6.60. The van der Waals surface area contributed by atoms with E-state index in [1.807, 2.05) is 0 Å². The molecule has 0 unspecified atom stereocenters. The molecular weight excluding hydrogens is 471 g/mol. The van der Waals surface area contributed by atoms with Gasteiger partial charge >= 0.3 is 23.9 Å². The average molecular weight is 492 g/mol. The first-order valence-corrected chi connectivity index (χ1v) is 10.5. The Kier molecular flexibility index (Phi) is 8.32. The van der Waals surface area contributed by atoms with Crippen LogP contribution in [0.15, 0.2) is 24.3 Å². The molecule has 0 aliphatic heterocycles. The molecule has 31 heavy (non-hydrogen) atoms. The first-order chi connectivity index (χ1) is 13.8. The van der Waals surface area contributed by atoms with E-state index in [4.69, 9.17) is 9.29 Å². The lowest BCUT2D eigenvalue weighted by Gasteiger charge is -2.33. The molecular formula is C17H21F9O4S. The predicted molar refractivity (Wildman–Crippen MR) is 92.0 cm³/mol. The molecule has 1 aliphatic carbocycles. The molecule has 0 aromatic rings. The summed E-state index contributed by atoms with van der Waals surface area (Å²) in [4.78, 5) is 0. The molecule has 0 radical (unpaired) electrons. The molecule has 1 rings (SSSR count). The summed E-state index contributed by atoms with van der Waals surface area (Å²) in [6.07, 6.45) is -4.08. The normalized spacial score (nSPS) is 23.4. The van der Waals surface area contributed by atoms with Crippen molar-refractivity contribution in [3.05, 3.63) is 24.3 Å². The number of hydrogen-bond acceptors (Lipinski definition) is 3. The van der Waals surface area contributed by atoms with E-state index in [2.05, 4.69) is 0 Å². The number of ether oxygens (including phenoxy) is 1. The van der Waals surface area contributed by atoms with Crippen molar-refractivity contribution in [3.8, 4) is 0 Å². The minimum atomic E-state index is -6.87. The van der Waals surface area contributed by atoms with E-state index in [0.29, 0.717) is 0 Å². The van der Waals surface area contributed by atoms with Crippen molar-refractivity contribution in [1.82, 2.24) is 0 Å². The highest BCUT2D eigenvalue weighted by atomic mass is 32.2. The molecule has 0 aromatic carbocycles. The highest BCUT2D eigenvalue weighted by molar-refractivity contribution is 7.86. The number of alkyl halides is 9. The van der Waals surface area contributed by atoms with Crippen LogP contribution >= 0.6 is 0 Å². The van der Waals surface area contributed by atoms with Crippen LogP contribution in [0.1, 0.15) is 39.0 Å². The Hall–Kier alpha value is -1.28. The van der Waals surface area contributed by atoms with Gasteiger partial charge in [0.2, 0.25) is 0 Å². The number of rotatable bonds is 11. The van der Waals surface area contributed by atoms with Gasteiger partial charge in [0.15, 0.2) is 0 Å². The van der Waals surface area contributed by atoms with Gasteiger partial charge in [0.25, 0.3) is 10.1 Å². The molecule has 1 N–H and O–H groups in total. The number of unbranched alkanes of at least 4 members (excludes halogenated alkanes) is 3. The van der Waals surface area contributed by atoms with Gasteiger partial charge in [-0.05, 0) is 19.8 Å². The summed E-state index contributed by atoms with van der Waals surface area (Å²) in [5, 5.41) is -1.23. The van der Waals surface area contributed by atoms with Gasteiger partial charge in [0.1, 0.15) is 10.9 Å². The van der Waals surface area contributed by atoms with Crippen molar-refractivity contribution in [1.29, 1.82) is 0 Å². The highest BCUT2D eigenvalue weighted by Crippen LogP contribution is 2.54. The average Bonchev–Trinajstić information content (AvgIpc) is 2.59. The van der Waals surface area contributed by atoms with Gasteiger partial charge in [0, 0.05) is 13.0 Å². The summed E-state index contributed by atoms with van der Waals surface area (Å²) in [5.41, 5.74) is -1.01. The molecule has 0 saturated heterocycles. The second kappa shape index (κ2) is 9.30. The van der Waals surface area contributed by atoms with Crippen molar-refractivity contribution < 1.29 is 57.2 Å². The molecule has 0 amide bonds. The fourth-order valence-electron chi connectivity index (χ4n) is 2.65. The van der Waals surface area contributed by atoms with Crippen LogP contribution in [-0.2, 0) is 14.9 Å². The molecule has 14 heteroatoms. The fraction of sp³-hybridized carbons (Fsp3) is 0.765. The van der Waals surface area contributed by atoms with Crippen LogP contribution in [0, 0.1) is 0 Å². The van der Waals surface area contributed by atoms with Gasteiger partial charge in [-0.25, -0.2) is 0 Å². The molecule has 0 aromatic heterocycles. The van der Waals surface area contributed by atoms with E-state index in [1.54, 1.807) is 6.92 Å². The molecule has 0 saturated carbocycles. The van der Waals surface area contributed by atoms with E-state index in [1.165, 1.54) is 24.3 Å². The molecule has 0 spiro atoms. The lowest BCUT2D eigenvalue weighted by molar-refractivity contribution is -0.396. The fourth-order valence-corrected chi connectivity index (χ4v) is 3.20. The van der Waals surface area contributed by atoms with Crippen LogP contribution in [0.3, 0.4) is 0 Å². The van der Waals surface area contributed by atoms with Crippen LogP contribution < -0.4 is 0 Å². The topological polar surface area (TPSA) is 63.6 Å². The molecule has 4 nitrogen and oxygen atoms in total. The summed E-state index contributed by atoms with van der Waals surface area (Å²) < 4.78 is 151. The summed E-state index contributed by atoms with van der Waals surface area (Å²) in [6, 6.07) is 0. The standard InChI is InChI=1S/C17H21F9O4S/c1-13(9-6-12(7-10-13)31(27,28)29)30-11-5-3-2-4-8-14(18,19)15(20,21)16(22,23)17(24,25)26/h6-7,9-10,12H,2-5,8,11H2,1H3,(H,27,28,29). The Labute approximate surface area is 172 Å². The van der Waals surface area contributed by atoms with E-state index < -0.39 is 57.8 Å². The van der Waals surface area contributed by atoms with Crippen LogP contribution in [0.4, 0.5) is 39.5 Å². The molecule has 182 valence electrons. The van der Waals surface area contributed by atoms with Gasteiger partial charge in [-0.3, -0.25) is 4.55 Å². The van der Waals surface area contributed by atoms with E-state index in [0.717, 1.165) is 0 Å². The second-order valence-electron chi connectivity index (χ2n) is 7.25. The van der Waals surface area contributed by atoms with Crippen LogP contribution in [0.5, 0.6) is 0 Å². The zero-order valence-corrected chi connectivity index (χ0v) is 16.9. The summed E-state index contributed by atoms with van der Waals surface area (Å²) in [7, 11) is -4.30. The quantitative estimate of drug-likeness (QED) is 0.178. The Morgan fingerprint density at radius 3 is 1.81 bits per heavy atom. The Bertz CT molecular complexity index is 759. The maximum Gasteiger partial charge on any atom is 0.460 e. The van der Waals surface area contributed by atoms with Gasteiger partial charge in [-0.15, -0.1) is 0 Å². The number of halogens is 9. The maximum atomic E-state index is 13.4. The summed E-state index contributed by atoms with van der Waals surface area (Å²) in [5.74, 6) is -19.0. The molecule has 0 atom stereocenters. The second-order valence-corrected chi connectivity index (χ2v) is 8.82. The molecule has 0 heterocycles. The zero-order valence-electron chi connectivity index (χ0n) is 16.1. The van der Waals surface area contributed by atoms with Crippen molar-refractivity contribution in [2.45, 2.75) is 73.8 Å². The van der Waals surface area contributed by atoms with Crippen molar-refractivity contribution >= 4 is 10.1 Å². The maximum absolute atomic E-state index is 13.4. The SMILES string of the molecule is CC1(OCCCCCCC(F)(F)C(F)(F)C(F)(F)C(F)(F)F)C=CC(S(=O)(=O)O)C=C1. The van der Waals surface area contributed by atoms with Gasteiger partial charge in [0.05, 0.1) is 0 Å².